The molecule has 0 heterocycles. The number of rotatable bonds is 8. The van der Waals surface area contributed by atoms with Gasteiger partial charge >= 0.3 is 0 Å². The summed E-state index contributed by atoms with van der Waals surface area (Å²) in [6.07, 6.45) is 8.27. The Kier molecular flexibility index (Phi) is 7.25. The van der Waals surface area contributed by atoms with E-state index < -0.39 is 0 Å². The summed E-state index contributed by atoms with van der Waals surface area (Å²) in [5.74, 6) is 0.827. The van der Waals surface area contributed by atoms with Gasteiger partial charge in [0.15, 0.2) is 0 Å². The fourth-order valence-corrected chi connectivity index (χ4v) is 2.60. The maximum atomic E-state index is 5.94. The Labute approximate surface area is 114 Å². The predicted molar refractivity (Wildman–Crippen MR) is 78.9 cm³/mol. The summed E-state index contributed by atoms with van der Waals surface area (Å²) in [6, 6.07) is 0. The third-order valence-electron chi connectivity index (χ3n) is 4.05. The molecule has 1 aliphatic carbocycles. The zero-order valence-electron chi connectivity index (χ0n) is 12.9. The normalized spacial score (nSPS) is 20.5. The first-order chi connectivity index (χ1) is 8.49. The first-order valence-electron chi connectivity index (χ1n) is 7.82. The van der Waals surface area contributed by atoms with E-state index in [4.69, 9.17) is 4.74 Å². The molecule has 0 aromatic heterocycles. The van der Waals surface area contributed by atoms with Crippen LogP contribution in [0.25, 0.3) is 0 Å². The molecule has 108 valence electrons. The summed E-state index contributed by atoms with van der Waals surface area (Å²) in [5.41, 5.74) is 0.551. The molecule has 2 heteroatoms. The SMILES string of the molecule is CC(C)CCCNCCOC1CCC(C)(C)CC1. The highest BCUT2D eigenvalue weighted by molar-refractivity contribution is 4.78. The van der Waals surface area contributed by atoms with Gasteiger partial charge in [-0.3, -0.25) is 0 Å². The molecule has 0 unspecified atom stereocenters. The van der Waals surface area contributed by atoms with Gasteiger partial charge in [0.2, 0.25) is 0 Å². The number of ether oxygens (including phenoxy) is 1. The van der Waals surface area contributed by atoms with Crippen molar-refractivity contribution in [1.82, 2.24) is 5.32 Å². The van der Waals surface area contributed by atoms with Crippen molar-refractivity contribution in [1.29, 1.82) is 0 Å². The summed E-state index contributed by atoms with van der Waals surface area (Å²) in [6.45, 7) is 12.4. The highest BCUT2D eigenvalue weighted by Gasteiger charge is 2.26. The lowest BCUT2D eigenvalue weighted by Crippen LogP contribution is -2.29. The smallest absolute Gasteiger partial charge is 0.0594 e. The fraction of sp³-hybridized carbons (Fsp3) is 1.00. The Balaban J connectivity index is 1.90. The molecule has 1 rings (SSSR count). The minimum atomic E-state index is 0.524. The van der Waals surface area contributed by atoms with E-state index in [2.05, 4.69) is 33.0 Å². The second-order valence-electron chi connectivity index (χ2n) is 7.02. The zero-order chi connectivity index (χ0) is 13.4. The van der Waals surface area contributed by atoms with Gasteiger partial charge < -0.3 is 10.1 Å². The molecular formula is C16H33NO. The first-order valence-corrected chi connectivity index (χ1v) is 7.82. The molecule has 18 heavy (non-hydrogen) atoms. The Morgan fingerprint density at radius 1 is 1.17 bits per heavy atom. The average molecular weight is 255 g/mol. The van der Waals surface area contributed by atoms with E-state index in [1.54, 1.807) is 0 Å². The molecule has 0 atom stereocenters. The molecule has 0 radical (unpaired) electrons. The van der Waals surface area contributed by atoms with E-state index in [9.17, 15) is 0 Å². The van der Waals surface area contributed by atoms with E-state index in [1.165, 1.54) is 38.5 Å². The van der Waals surface area contributed by atoms with Gasteiger partial charge in [0.05, 0.1) is 12.7 Å². The van der Waals surface area contributed by atoms with E-state index in [0.717, 1.165) is 25.6 Å². The Hall–Kier alpha value is -0.0800. The van der Waals surface area contributed by atoms with Crippen LogP contribution in [-0.2, 0) is 4.74 Å². The van der Waals surface area contributed by atoms with Crippen LogP contribution in [0.3, 0.4) is 0 Å². The molecular weight excluding hydrogens is 222 g/mol. The number of hydrogen-bond donors (Lipinski definition) is 1. The van der Waals surface area contributed by atoms with Crippen LogP contribution in [0.4, 0.5) is 0 Å². The average Bonchev–Trinajstić information content (AvgIpc) is 2.29. The molecule has 0 aliphatic heterocycles. The van der Waals surface area contributed by atoms with Crippen molar-refractivity contribution >= 4 is 0 Å². The van der Waals surface area contributed by atoms with E-state index >= 15 is 0 Å². The first kappa shape index (κ1) is 16.0. The third-order valence-corrected chi connectivity index (χ3v) is 4.05. The lowest BCUT2D eigenvalue weighted by atomic mass is 9.76. The second-order valence-corrected chi connectivity index (χ2v) is 7.02. The second kappa shape index (κ2) is 8.16. The van der Waals surface area contributed by atoms with Gasteiger partial charge in [-0.05, 0) is 56.4 Å². The van der Waals surface area contributed by atoms with Crippen LogP contribution in [0.1, 0.15) is 66.2 Å². The maximum absolute atomic E-state index is 5.94. The summed E-state index contributed by atoms with van der Waals surface area (Å²) < 4.78 is 5.94. The molecule has 0 spiro atoms. The Bertz CT molecular complexity index is 203. The third kappa shape index (κ3) is 7.38. The van der Waals surface area contributed by atoms with Crippen LogP contribution in [0.2, 0.25) is 0 Å². The van der Waals surface area contributed by atoms with Crippen molar-refractivity contribution in [2.24, 2.45) is 11.3 Å². The van der Waals surface area contributed by atoms with E-state index in [-0.39, 0.29) is 0 Å². The predicted octanol–water partition coefficient (Wildman–Crippen LogP) is 4.00. The Morgan fingerprint density at radius 3 is 2.44 bits per heavy atom. The van der Waals surface area contributed by atoms with Crippen molar-refractivity contribution in [2.45, 2.75) is 72.3 Å². The molecule has 0 aromatic carbocycles. The number of hydrogen-bond acceptors (Lipinski definition) is 2. The lowest BCUT2D eigenvalue weighted by Gasteiger charge is -2.34. The van der Waals surface area contributed by atoms with E-state index in [0.29, 0.717) is 11.5 Å². The van der Waals surface area contributed by atoms with Gasteiger partial charge in [-0.15, -0.1) is 0 Å². The van der Waals surface area contributed by atoms with Crippen LogP contribution < -0.4 is 5.32 Å². The maximum Gasteiger partial charge on any atom is 0.0594 e. The van der Waals surface area contributed by atoms with Gasteiger partial charge in [0.1, 0.15) is 0 Å². The molecule has 1 N–H and O–H groups in total. The molecule has 0 bridgehead atoms. The number of nitrogens with one attached hydrogen (secondary N) is 1. The highest BCUT2D eigenvalue weighted by Crippen LogP contribution is 2.35. The quantitative estimate of drug-likeness (QED) is 0.662. The van der Waals surface area contributed by atoms with E-state index in [1.807, 2.05) is 0 Å². The van der Waals surface area contributed by atoms with Crippen molar-refractivity contribution in [2.75, 3.05) is 19.7 Å². The minimum absolute atomic E-state index is 0.524. The lowest BCUT2D eigenvalue weighted by molar-refractivity contribution is 0.00604. The van der Waals surface area contributed by atoms with Crippen molar-refractivity contribution < 1.29 is 4.74 Å². The summed E-state index contributed by atoms with van der Waals surface area (Å²) in [5, 5.41) is 3.47. The van der Waals surface area contributed by atoms with Crippen LogP contribution in [0.15, 0.2) is 0 Å². The van der Waals surface area contributed by atoms with Gasteiger partial charge in [0, 0.05) is 6.54 Å². The molecule has 1 fully saturated rings. The molecule has 1 aliphatic rings. The molecule has 0 amide bonds. The van der Waals surface area contributed by atoms with Gasteiger partial charge in [-0.1, -0.05) is 27.7 Å². The van der Waals surface area contributed by atoms with Crippen molar-refractivity contribution in [3.05, 3.63) is 0 Å². The standard InChI is InChI=1S/C16H33NO/c1-14(2)6-5-11-17-12-13-18-15-7-9-16(3,4)10-8-15/h14-15,17H,5-13H2,1-4H3. The fourth-order valence-electron chi connectivity index (χ4n) is 2.60. The molecule has 0 saturated heterocycles. The van der Waals surface area contributed by atoms with Crippen molar-refractivity contribution in [3.63, 3.8) is 0 Å². The van der Waals surface area contributed by atoms with Crippen LogP contribution in [0.5, 0.6) is 0 Å². The summed E-state index contributed by atoms with van der Waals surface area (Å²) in [7, 11) is 0. The van der Waals surface area contributed by atoms with Gasteiger partial charge in [-0.2, -0.15) is 0 Å². The Morgan fingerprint density at radius 2 is 1.83 bits per heavy atom. The molecule has 2 nitrogen and oxygen atoms in total. The highest BCUT2D eigenvalue weighted by atomic mass is 16.5. The van der Waals surface area contributed by atoms with Crippen LogP contribution >= 0.6 is 0 Å². The minimum Gasteiger partial charge on any atom is -0.377 e. The molecule has 0 aromatic rings. The van der Waals surface area contributed by atoms with Gasteiger partial charge in [0.25, 0.3) is 0 Å². The summed E-state index contributed by atoms with van der Waals surface area (Å²) >= 11 is 0. The van der Waals surface area contributed by atoms with Crippen LogP contribution in [0, 0.1) is 11.3 Å². The van der Waals surface area contributed by atoms with Crippen LogP contribution in [-0.4, -0.2) is 25.8 Å². The monoisotopic (exact) mass is 255 g/mol. The van der Waals surface area contributed by atoms with Crippen molar-refractivity contribution in [3.8, 4) is 0 Å². The largest absolute Gasteiger partial charge is 0.377 e. The zero-order valence-corrected chi connectivity index (χ0v) is 12.9. The van der Waals surface area contributed by atoms with Gasteiger partial charge in [-0.25, -0.2) is 0 Å². The molecule has 1 saturated carbocycles. The topological polar surface area (TPSA) is 21.3 Å². The summed E-state index contributed by atoms with van der Waals surface area (Å²) in [4.78, 5) is 0.